The molecule has 0 saturated carbocycles. The van der Waals surface area contributed by atoms with Crippen LogP contribution < -0.4 is 10.6 Å². The Kier molecular flexibility index (Phi) is 6.21. The second kappa shape index (κ2) is 9.62. The summed E-state index contributed by atoms with van der Waals surface area (Å²) < 4.78 is 13.2. The lowest BCUT2D eigenvalue weighted by Crippen LogP contribution is -2.45. The number of carbonyl (C=O) groups excluding carboxylic acids is 2. The Labute approximate surface area is 208 Å². The van der Waals surface area contributed by atoms with Gasteiger partial charge in [0.15, 0.2) is 11.5 Å². The first-order valence-electron chi connectivity index (χ1n) is 11.7. The topological polar surface area (TPSA) is 85.3 Å². The Morgan fingerprint density at radius 2 is 1.81 bits per heavy atom. The molecule has 1 aliphatic heterocycles. The van der Waals surface area contributed by atoms with Crippen LogP contribution in [0.2, 0.25) is 0 Å². The van der Waals surface area contributed by atoms with E-state index in [-0.39, 0.29) is 24.3 Å². The van der Waals surface area contributed by atoms with Crippen molar-refractivity contribution in [1.82, 2.24) is 10.2 Å². The molecule has 0 bridgehead atoms. The van der Waals surface area contributed by atoms with Crippen molar-refractivity contribution in [3.8, 4) is 0 Å². The van der Waals surface area contributed by atoms with E-state index in [9.17, 15) is 14.0 Å². The lowest BCUT2D eigenvalue weighted by molar-refractivity contribution is -0.130. The molecule has 3 aromatic carbocycles. The molecule has 1 unspecified atom stereocenters. The first-order valence-corrected chi connectivity index (χ1v) is 11.7. The van der Waals surface area contributed by atoms with Crippen LogP contribution in [0.1, 0.15) is 34.3 Å². The number of anilines is 1. The number of halogens is 1. The van der Waals surface area contributed by atoms with Crippen molar-refractivity contribution in [3.63, 3.8) is 0 Å². The van der Waals surface area contributed by atoms with Crippen LogP contribution in [0.5, 0.6) is 0 Å². The normalized spacial score (nSPS) is 19.1. The molecule has 2 aliphatic rings. The fourth-order valence-corrected chi connectivity index (χ4v) is 4.63. The summed E-state index contributed by atoms with van der Waals surface area (Å²) in [7, 11) is 0. The van der Waals surface area contributed by atoms with Crippen LogP contribution in [0.25, 0.3) is 0 Å². The Hall–Kier alpha value is -4.52. The minimum Gasteiger partial charge on any atom is -0.334 e. The third-order valence-corrected chi connectivity index (χ3v) is 6.41. The van der Waals surface area contributed by atoms with Crippen molar-refractivity contribution in [2.24, 2.45) is 0 Å². The highest BCUT2D eigenvalue weighted by molar-refractivity contribution is 6.10. The average molecular weight is 481 g/mol. The third kappa shape index (κ3) is 4.31. The van der Waals surface area contributed by atoms with Crippen LogP contribution in [0.15, 0.2) is 103 Å². The van der Waals surface area contributed by atoms with Gasteiger partial charge in [-0.05, 0) is 65.9 Å². The molecule has 0 spiro atoms. The van der Waals surface area contributed by atoms with Crippen molar-refractivity contribution in [3.05, 3.63) is 125 Å². The number of amides is 2. The molecular weight excluding hydrogens is 455 g/mol. The molecule has 36 heavy (non-hydrogen) atoms. The fraction of sp³-hybridized carbons (Fsp3) is 0.138. The molecule has 5 rings (SSSR count). The van der Waals surface area contributed by atoms with Crippen molar-refractivity contribution in [2.75, 3.05) is 5.32 Å². The van der Waals surface area contributed by atoms with Gasteiger partial charge in [0, 0.05) is 11.3 Å². The van der Waals surface area contributed by atoms with Gasteiger partial charge in [-0.1, -0.05) is 60.7 Å². The molecule has 0 aromatic heterocycles. The van der Waals surface area contributed by atoms with Crippen LogP contribution in [-0.4, -0.2) is 22.7 Å². The minimum atomic E-state index is -1.16. The van der Waals surface area contributed by atoms with E-state index in [2.05, 4.69) is 22.8 Å². The Morgan fingerprint density at radius 3 is 2.53 bits per heavy atom. The third-order valence-electron chi connectivity index (χ3n) is 6.41. The van der Waals surface area contributed by atoms with Gasteiger partial charge >= 0.3 is 0 Å². The molecule has 6 nitrogen and oxygen atoms in total. The van der Waals surface area contributed by atoms with Crippen LogP contribution in [-0.2, 0) is 16.9 Å². The number of guanidine groups is 1. The largest absolute Gasteiger partial charge is 0.334 e. The quantitative estimate of drug-likeness (QED) is 0.458. The predicted octanol–water partition coefficient (Wildman–Crippen LogP) is 5.12. The van der Waals surface area contributed by atoms with Gasteiger partial charge in [0.2, 0.25) is 0 Å². The number of allylic oxidation sites excluding steroid dienone is 2. The molecule has 1 aliphatic carbocycles. The molecular formula is C29H25FN4O2. The number of carbonyl (C=O) groups is 2. The Balaban J connectivity index is 1.40. The van der Waals surface area contributed by atoms with Gasteiger partial charge in [0.25, 0.3) is 11.8 Å². The number of hydrogen-bond donors (Lipinski definition) is 3. The van der Waals surface area contributed by atoms with Gasteiger partial charge in [0.1, 0.15) is 5.82 Å². The number of nitrogens with zero attached hydrogens (tertiary/aromatic N) is 1. The van der Waals surface area contributed by atoms with Crippen molar-refractivity contribution < 1.29 is 14.0 Å². The van der Waals surface area contributed by atoms with Crippen molar-refractivity contribution in [1.29, 1.82) is 5.41 Å². The summed E-state index contributed by atoms with van der Waals surface area (Å²) in [5.74, 6) is -0.981. The van der Waals surface area contributed by atoms with Crippen LogP contribution in [0.3, 0.4) is 0 Å². The van der Waals surface area contributed by atoms with Crippen LogP contribution in [0.4, 0.5) is 10.1 Å². The van der Waals surface area contributed by atoms with Gasteiger partial charge < -0.3 is 10.6 Å². The maximum Gasteiger partial charge on any atom is 0.264 e. The summed E-state index contributed by atoms with van der Waals surface area (Å²) in [5, 5.41) is 14.6. The van der Waals surface area contributed by atoms with E-state index in [1.165, 1.54) is 29.2 Å². The molecule has 1 heterocycles. The summed E-state index contributed by atoms with van der Waals surface area (Å²) in [6, 6.07) is 21.9. The van der Waals surface area contributed by atoms with Crippen LogP contribution in [0, 0.1) is 11.2 Å². The van der Waals surface area contributed by atoms with Gasteiger partial charge in [-0.25, -0.2) is 4.39 Å². The molecule has 1 saturated heterocycles. The number of benzene rings is 3. The molecule has 3 N–H and O–H groups in total. The summed E-state index contributed by atoms with van der Waals surface area (Å²) in [5.41, 5.74) is 2.08. The van der Waals surface area contributed by atoms with E-state index in [0.717, 1.165) is 29.5 Å². The number of nitrogens with one attached hydrogen (secondary N) is 3. The van der Waals surface area contributed by atoms with E-state index >= 15 is 0 Å². The zero-order valence-electron chi connectivity index (χ0n) is 19.5. The standard InChI is InChI=1S/C29H25FN4O2/c30-24-16-14-21(15-17-24)26(35)32-25-13-7-8-20(18-25)19-34-27(36)29(33-28(34)31,22-9-3-1-4-10-22)23-11-5-2-6-12-23/h1,3-5,7-18H,2,6,19H2,(H2,31,33)(H,32,35). The molecule has 2 amide bonds. The van der Waals surface area contributed by atoms with Crippen molar-refractivity contribution >= 4 is 23.5 Å². The van der Waals surface area contributed by atoms with E-state index < -0.39 is 11.4 Å². The number of rotatable bonds is 6. The SMILES string of the molecule is N=C1NC(C2=CCCC=C2)(c2ccccc2)C(=O)N1Cc1cccc(NC(=O)c2ccc(F)cc2)c1. The highest BCUT2D eigenvalue weighted by Gasteiger charge is 2.52. The summed E-state index contributed by atoms with van der Waals surface area (Å²) in [6.45, 7) is 0.163. The Bertz CT molecular complexity index is 1380. The second-order valence-electron chi connectivity index (χ2n) is 8.78. The maximum absolute atomic E-state index is 14.0. The smallest absolute Gasteiger partial charge is 0.264 e. The van der Waals surface area contributed by atoms with E-state index in [1.807, 2.05) is 42.5 Å². The van der Waals surface area contributed by atoms with Gasteiger partial charge in [-0.15, -0.1) is 0 Å². The first-order chi connectivity index (χ1) is 17.5. The Morgan fingerprint density at radius 1 is 1.03 bits per heavy atom. The molecule has 180 valence electrons. The van der Waals surface area contributed by atoms with Gasteiger partial charge in [-0.3, -0.25) is 19.9 Å². The summed E-state index contributed by atoms with van der Waals surface area (Å²) in [6.07, 6.45) is 7.82. The highest BCUT2D eigenvalue weighted by atomic mass is 19.1. The van der Waals surface area contributed by atoms with E-state index in [1.54, 1.807) is 18.2 Å². The monoisotopic (exact) mass is 480 g/mol. The second-order valence-corrected chi connectivity index (χ2v) is 8.78. The molecule has 7 heteroatoms. The average Bonchev–Trinajstić information content (AvgIpc) is 3.16. The zero-order chi connectivity index (χ0) is 25.1. The lowest BCUT2D eigenvalue weighted by Gasteiger charge is -2.30. The maximum atomic E-state index is 14.0. The predicted molar refractivity (Wildman–Crippen MR) is 137 cm³/mol. The summed E-state index contributed by atoms with van der Waals surface area (Å²) >= 11 is 0. The minimum absolute atomic E-state index is 0.0180. The fourth-order valence-electron chi connectivity index (χ4n) is 4.63. The highest BCUT2D eigenvalue weighted by Crippen LogP contribution is 2.38. The van der Waals surface area contributed by atoms with E-state index in [4.69, 9.17) is 5.41 Å². The zero-order valence-corrected chi connectivity index (χ0v) is 19.5. The molecule has 1 fully saturated rings. The first kappa shape index (κ1) is 23.2. The molecule has 3 aromatic rings. The van der Waals surface area contributed by atoms with Crippen molar-refractivity contribution in [2.45, 2.75) is 24.9 Å². The lowest BCUT2D eigenvalue weighted by atomic mass is 9.80. The van der Waals surface area contributed by atoms with Gasteiger partial charge in [-0.2, -0.15) is 0 Å². The van der Waals surface area contributed by atoms with Gasteiger partial charge in [0.05, 0.1) is 6.54 Å². The van der Waals surface area contributed by atoms with Crippen LogP contribution >= 0.6 is 0 Å². The van der Waals surface area contributed by atoms with E-state index in [0.29, 0.717) is 11.3 Å². The molecule has 1 atom stereocenters. The number of hydrogen-bond acceptors (Lipinski definition) is 3. The molecule has 0 radical (unpaired) electrons. The summed E-state index contributed by atoms with van der Waals surface area (Å²) in [4.78, 5) is 27.9.